The Balaban J connectivity index is 1.40. The monoisotopic (exact) mass is 617 g/mol. The Bertz CT molecular complexity index is 1900. The summed E-state index contributed by atoms with van der Waals surface area (Å²) in [5.74, 6) is -2.40. The number of imidazole rings is 1. The van der Waals surface area contributed by atoms with Gasteiger partial charge < -0.3 is 15.5 Å². The summed E-state index contributed by atoms with van der Waals surface area (Å²) in [5.41, 5.74) is 0.926. The largest absolute Gasteiger partial charge is 0.404 e. The Morgan fingerprint density at radius 3 is 2.50 bits per heavy atom. The molecule has 17 heteroatoms. The van der Waals surface area contributed by atoms with Crippen LogP contribution in [0.25, 0.3) is 27.6 Å². The molecule has 5 heterocycles. The topological polar surface area (TPSA) is 140 Å². The fourth-order valence-corrected chi connectivity index (χ4v) is 6.45. The molecule has 0 radical (unpaired) electrons. The van der Waals surface area contributed by atoms with Crippen molar-refractivity contribution in [1.82, 2.24) is 33.8 Å². The molecule has 2 N–H and O–H groups in total. The standard InChI is InChI=1S/C25H22F3N9O3S2/c26-25(27,28)15-42(39,40)36-11-7-30-21(36)19-13-16-14-32-23(34-20(16)37(22(19)38)24-31-8-12-41-24)33-17-1-3-18(4-2-17)35-9-5-29-6-10-35/h1-4,7-8,11-14,29H,5-6,9-10,15H2,(H,32,33,34). The first-order chi connectivity index (χ1) is 20.1. The number of anilines is 3. The molecule has 0 saturated carbocycles. The minimum atomic E-state index is -4.99. The first-order valence-corrected chi connectivity index (χ1v) is 15.1. The fourth-order valence-electron chi connectivity index (χ4n) is 4.61. The lowest BCUT2D eigenvalue weighted by Crippen LogP contribution is -2.43. The van der Waals surface area contributed by atoms with E-state index in [-0.39, 0.29) is 22.3 Å². The van der Waals surface area contributed by atoms with E-state index in [0.29, 0.717) is 15.0 Å². The lowest BCUT2D eigenvalue weighted by atomic mass is 10.2. The van der Waals surface area contributed by atoms with Gasteiger partial charge in [-0.15, -0.1) is 11.3 Å². The Morgan fingerprint density at radius 2 is 1.81 bits per heavy atom. The molecular formula is C25H22F3N9O3S2. The molecule has 12 nitrogen and oxygen atoms in total. The highest BCUT2D eigenvalue weighted by Crippen LogP contribution is 2.27. The summed E-state index contributed by atoms with van der Waals surface area (Å²) in [6.45, 7) is 3.65. The molecular weight excluding hydrogens is 595 g/mol. The second-order valence-electron chi connectivity index (χ2n) is 9.31. The number of alkyl halides is 3. The fraction of sp³-hybridized carbons (Fsp3) is 0.240. The number of halogens is 3. The van der Waals surface area contributed by atoms with Gasteiger partial charge in [-0.25, -0.2) is 31.9 Å². The summed E-state index contributed by atoms with van der Waals surface area (Å²) in [4.78, 5) is 33.0. The summed E-state index contributed by atoms with van der Waals surface area (Å²) < 4.78 is 65.7. The molecule has 0 aliphatic carbocycles. The number of hydrogen-bond donors (Lipinski definition) is 2. The number of piperazine rings is 1. The molecule has 0 unspecified atom stereocenters. The van der Waals surface area contributed by atoms with Gasteiger partial charge in [-0.1, -0.05) is 0 Å². The molecule has 218 valence electrons. The van der Waals surface area contributed by atoms with E-state index in [9.17, 15) is 26.4 Å². The van der Waals surface area contributed by atoms with Crippen LogP contribution in [0.4, 0.5) is 30.5 Å². The van der Waals surface area contributed by atoms with Gasteiger partial charge in [-0.2, -0.15) is 18.2 Å². The molecule has 1 saturated heterocycles. The number of fused-ring (bicyclic) bond motifs is 1. The molecule has 42 heavy (non-hydrogen) atoms. The molecule has 6 rings (SSSR count). The molecule has 5 aromatic rings. The average Bonchev–Trinajstić information content (AvgIpc) is 3.66. The van der Waals surface area contributed by atoms with Crippen LogP contribution in [0.3, 0.4) is 0 Å². The normalized spacial score (nSPS) is 14.4. The molecule has 1 fully saturated rings. The number of rotatable bonds is 7. The van der Waals surface area contributed by atoms with Crippen molar-refractivity contribution < 1.29 is 21.6 Å². The lowest BCUT2D eigenvalue weighted by molar-refractivity contribution is -0.106. The minimum absolute atomic E-state index is 0.157. The van der Waals surface area contributed by atoms with E-state index in [1.807, 2.05) is 24.3 Å². The van der Waals surface area contributed by atoms with Crippen LogP contribution in [0, 0.1) is 0 Å². The number of thiazole rings is 1. The maximum atomic E-state index is 13.8. The molecule has 1 aliphatic rings. The second-order valence-corrected chi connectivity index (χ2v) is 12.0. The van der Waals surface area contributed by atoms with Crippen LogP contribution in [0.15, 0.2) is 65.3 Å². The van der Waals surface area contributed by atoms with Crippen LogP contribution >= 0.6 is 11.3 Å². The molecule has 1 aromatic carbocycles. The minimum Gasteiger partial charge on any atom is -0.369 e. The molecule has 0 amide bonds. The number of nitrogens with one attached hydrogen (secondary N) is 2. The second kappa shape index (κ2) is 10.8. The highest BCUT2D eigenvalue weighted by molar-refractivity contribution is 7.90. The van der Waals surface area contributed by atoms with E-state index < -0.39 is 33.3 Å². The van der Waals surface area contributed by atoms with Crippen LogP contribution in [0.1, 0.15) is 0 Å². The van der Waals surface area contributed by atoms with Gasteiger partial charge in [0, 0.05) is 73.1 Å². The molecule has 0 atom stereocenters. The van der Waals surface area contributed by atoms with Crippen molar-refractivity contribution in [2.24, 2.45) is 0 Å². The van der Waals surface area contributed by atoms with Crippen molar-refractivity contribution in [3.8, 4) is 16.5 Å². The molecule has 0 spiro atoms. The zero-order valence-corrected chi connectivity index (χ0v) is 23.2. The van der Waals surface area contributed by atoms with E-state index in [2.05, 4.69) is 35.5 Å². The van der Waals surface area contributed by atoms with Crippen molar-refractivity contribution in [2.45, 2.75) is 6.18 Å². The lowest BCUT2D eigenvalue weighted by Gasteiger charge is -2.29. The Hall–Kier alpha value is -4.35. The van der Waals surface area contributed by atoms with Gasteiger partial charge in [0.1, 0.15) is 0 Å². The van der Waals surface area contributed by atoms with Gasteiger partial charge in [0.05, 0.1) is 5.56 Å². The van der Waals surface area contributed by atoms with E-state index in [0.717, 1.165) is 60.2 Å². The van der Waals surface area contributed by atoms with Crippen molar-refractivity contribution in [3.05, 3.63) is 70.9 Å². The van der Waals surface area contributed by atoms with Gasteiger partial charge in [0.2, 0.25) is 16.0 Å². The van der Waals surface area contributed by atoms with Crippen LogP contribution in [0.2, 0.25) is 0 Å². The number of hydrogen-bond acceptors (Lipinski definition) is 11. The number of aromatic nitrogens is 6. The summed E-state index contributed by atoms with van der Waals surface area (Å²) in [6, 6.07) is 9.06. The van der Waals surface area contributed by atoms with Gasteiger partial charge in [0.15, 0.2) is 22.4 Å². The van der Waals surface area contributed by atoms with E-state index in [4.69, 9.17) is 0 Å². The third-order valence-electron chi connectivity index (χ3n) is 6.45. The first kappa shape index (κ1) is 27.8. The quantitative estimate of drug-likeness (QED) is 0.280. The number of nitrogens with zero attached hydrogens (tertiary/aromatic N) is 7. The first-order valence-electron chi connectivity index (χ1n) is 12.6. The van der Waals surface area contributed by atoms with Gasteiger partial charge in [-0.05, 0) is 30.3 Å². The summed E-state index contributed by atoms with van der Waals surface area (Å²) in [7, 11) is -4.92. The average molecular weight is 618 g/mol. The summed E-state index contributed by atoms with van der Waals surface area (Å²) in [5, 5.41) is 8.60. The van der Waals surface area contributed by atoms with E-state index in [1.165, 1.54) is 18.5 Å². The predicted molar refractivity (Wildman–Crippen MR) is 152 cm³/mol. The highest BCUT2D eigenvalue weighted by Gasteiger charge is 2.37. The van der Waals surface area contributed by atoms with Crippen molar-refractivity contribution in [3.63, 3.8) is 0 Å². The van der Waals surface area contributed by atoms with Gasteiger partial charge in [-0.3, -0.25) is 4.79 Å². The SMILES string of the molecule is O=c1c(-c2nccn2S(=O)(=O)CC(F)(F)F)cc2cnc(Nc3ccc(N4CCNCC4)cc3)nc2n1-c1nccs1. The van der Waals surface area contributed by atoms with Crippen molar-refractivity contribution in [2.75, 3.05) is 42.1 Å². The molecule has 1 aliphatic heterocycles. The van der Waals surface area contributed by atoms with Crippen LogP contribution < -0.4 is 21.1 Å². The van der Waals surface area contributed by atoms with Crippen molar-refractivity contribution >= 4 is 49.7 Å². The molecule has 4 aromatic heterocycles. The van der Waals surface area contributed by atoms with Gasteiger partial charge in [0.25, 0.3) is 5.56 Å². The van der Waals surface area contributed by atoms with E-state index >= 15 is 0 Å². The zero-order chi connectivity index (χ0) is 29.5. The maximum absolute atomic E-state index is 13.8. The zero-order valence-electron chi connectivity index (χ0n) is 21.6. The smallest absolute Gasteiger partial charge is 0.369 e. The Labute approximate surface area is 240 Å². The highest BCUT2D eigenvalue weighted by atomic mass is 32.2. The third-order valence-corrected chi connectivity index (χ3v) is 8.79. The van der Waals surface area contributed by atoms with Gasteiger partial charge >= 0.3 is 6.18 Å². The number of benzene rings is 1. The van der Waals surface area contributed by atoms with Crippen LogP contribution in [-0.4, -0.2) is 75.0 Å². The Kier molecular flexibility index (Phi) is 7.15. The van der Waals surface area contributed by atoms with E-state index in [1.54, 1.807) is 5.38 Å². The summed E-state index contributed by atoms with van der Waals surface area (Å²) >= 11 is 1.12. The predicted octanol–water partition coefficient (Wildman–Crippen LogP) is 2.99. The Morgan fingerprint density at radius 1 is 1.05 bits per heavy atom. The third kappa shape index (κ3) is 5.57. The number of pyridine rings is 1. The maximum Gasteiger partial charge on any atom is 0.404 e. The van der Waals surface area contributed by atoms with Crippen LogP contribution in [-0.2, 0) is 10.0 Å². The van der Waals surface area contributed by atoms with Crippen molar-refractivity contribution in [1.29, 1.82) is 0 Å². The van der Waals surface area contributed by atoms with Crippen LogP contribution in [0.5, 0.6) is 0 Å². The molecule has 0 bridgehead atoms. The summed E-state index contributed by atoms with van der Waals surface area (Å²) in [6.07, 6.45) is -0.222.